The molecule has 2 aliphatic heterocycles. The van der Waals surface area contributed by atoms with Crippen molar-refractivity contribution < 1.29 is 19.5 Å². The van der Waals surface area contributed by atoms with Crippen molar-refractivity contribution in [2.45, 2.75) is 58.2 Å². The predicted octanol–water partition coefficient (Wildman–Crippen LogP) is 3.65. The normalized spacial score (nSPS) is 16.9. The number of para-hydroxylation sites is 1. The molecule has 3 aromatic rings. The van der Waals surface area contributed by atoms with Crippen molar-refractivity contribution in [1.82, 2.24) is 25.3 Å². The number of nitrogens with one attached hydrogen (secondary N) is 3. The lowest BCUT2D eigenvalue weighted by atomic mass is 9.98. The third-order valence-electron chi connectivity index (χ3n) is 7.47. The van der Waals surface area contributed by atoms with Crippen molar-refractivity contribution in [3.63, 3.8) is 0 Å². The number of aromatic nitrogens is 2. The first-order valence-electron chi connectivity index (χ1n) is 12.7. The number of aromatic amines is 1. The number of aryl methyl sites for hydroxylation is 2. The van der Waals surface area contributed by atoms with Crippen LogP contribution >= 0.6 is 0 Å². The molecule has 3 heterocycles. The van der Waals surface area contributed by atoms with Gasteiger partial charge in [0.05, 0.1) is 11.2 Å². The zero-order chi connectivity index (χ0) is 26.1. The van der Waals surface area contributed by atoms with Crippen LogP contribution in [0.1, 0.15) is 42.1 Å². The summed E-state index contributed by atoms with van der Waals surface area (Å²) in [4.78, 5) is 41.2. The van der Waals surface area contributed by atoms with Crippen LogP contribution in [-0.4, -0.2) is 68.3 Å². The summed E-state index contributed by atoms with van der Waals surface area (Å²) >= 11 is 0. The Hall–Kier alpha value is -4.08. The van der Waals surface area contributed by atoms with E-state index in [2.05, 4.69) is 20.8 Å². The van der Waals surface area contributed by atoms with Gasteiger partial charge in [0.2, 0.25) is 0 Å². The van der Waals surface area contributed by atoms with Crippen molar-refractivity contribution in [3.05, 3.63) is 58.8 Å². The van der Waals surface area contributed by atoms with Gasteiger partial charge < -0.3 is 25.5 Å². The zero-order valence-corrected chi connectivity index (χ0v) is 21.1. The highest BCUT2D eigenvalue weighted by molar-refractivity contribution is 5.92. The Labute approximate surface area is 215 Å². The maximum atomic E-state index is 13.0. The highest BCUT2D eigenvalue weighted by atomic mass is 16.4. The van der Waals surface area contributed by atoms with E-state index in [9.17, 15) is 19.5 Å². The van der Waals surface area contributed by atoms with Crippen molar-refractivity contribution in [1.29, 1.82) is 0 Å². The quantitative estimate of drug-likeness (QED) is 0.407. The summed E-state index contributed by atoms with van der Waals surface area (Å²) in [7, 11) is 0. The number of H-pyrrole nitrogens is 1. The number of urea groups is 2. The lowest BCUT2D eigenvalue weighted by Gasteiger charge is -2.40. The van der Waals surface area contributed by atoms with Crippen molar-refractivity contribution in [3.8, 4) is 0 Å². The molecule has 4 amide bonds. The van der Waals surface area contributed by atoms with Gasteiger partial charge in [-0.05, 0) is 55.0 Å². The molecule has 194 valence electrons. The fourth-order valence-corrected chi connectivity index (χ4v) is 5.36. The Bertz CT molecular complexity index is 1340. The van der Waals surface area contributed by atoms with Crippen molar-refractivity contribution in [2.75, 3.05) is 18.4 Å². The van der Waals surface area contributed by atoms with Crippen LogP contribution in [0.5, 0.6) is 0 Å². The minimum atomic E-state index is -1.08. The minimum absolute atomic E-state index is 0.0186. The lowest BCUT2D eigenvalue weighted by molar-refractivity contribution is -0.139. The number of rotatable bonds is 6. The maximum absolute atomic E-state index is 13.0. The average molecular weight is 505 g/mol. The van der Waals surface area contributed by atoms with Crippen LogP contribution in [-0.2, 0) is 24.2 Å². The molecule has 1 fully saturated rings. The van der Waals surface area contributed by atoms with E-state index in [0.29, 0.717) is 32.5 Å². The standard InChI is InChI=1S/C27H32N6O4/c1-3-18-12-17(13-21-16(2)30-31-24(18)21)14-23(25(34)35)29-26(36)32-10-8-20(9-11-32)33-15-19-6-4-5-7-22(19)28-27(33)37/h4-7,12-13,20,23H,3,8-11,14-15H2,1-2H3,(H,28,37)(H,29,36)(H,30,31)(H,34,35). The molecule has 2 aromatic carbocycles. The van der Waals surface area contributed by atoms with E-state index in [1.165, 1.54) is 0 Å². The second-order valence-electron chi connectivity index (χ2n) is 9.82. The fourth-order valence-electron chi connectivity index (χ4n) is 5.36. The molecule has 1 unspecified atom stereocenters. The summed E-state index contributed by atoms with van der Waals surface area (Å²) in [6, 6.07) is 10.1. The summed E-state index contributed by atoms with van der Waals surface area (Å²) in [5.41, 5.74) is 5.64. The molecule has 5 rings (SSSR count). The first kappa shape index (κ1) is 24.6. The van der Waals surface area contributed by atoms with Gasteiger partial charge >= 0.3 is 18.0 Å². The molecule has 10 nitrogen and oxygen atoms in total. The summed E-state index contributed by atoms with van der Waals surface area (Å²) < 4.78 is 0. The van der Waals surface area contributed by atoms with Crippen LogP contribution < -0.4 is 10.6 Å². The number of benzene rings is 2. The maximum Gasteiger partial charge on any atom is 0.326 e. The summed E-state index contributed by atoms with van der Waals surface area (Å²) in [5.74, 6) is -1.08. The molecule has 0 aliphatic carbocycles. The number of likely N-dealkylation sites (tertiary alicyclic amines) is 1. The van der Waals surface area contributed by atoms with E-state index in [1.54, 1.807) is 4.90 Å². The van der Waals surface area contributed by atoms with Gasteiger partial charge in [-0.2, -0.15) is 5.10 Å². The highest BCUT2D eigenvalue weighted by Crippen LogP contribution is 2.28. The molecule has 0 spiro atoms. The van der Waals surface area contributed by atoms with Gasteiger partial charge in [0.1, 0.15) is 6.04 Å². The second-order valence-corrected chi connectivity index (χ2v) is 9.82. The predicted molar refractivity (Wildman–Crippen MR) is 139 cm³/mol. The van der Waals surface area contributed by atoms with E-state index in [4.69, 9.17) is 0 Å². The number of aliphatic carboxylic acids is 1. The Balaban J connectivity index is 1.21. The van der Waals surface area contributed by atoms with Crippen LogP contribution in [0.15, 0.2) is 36.4 Å². The SMILES string of the molecule is CCc1cc(CC(NC(=O)N2CCC(N3Cc4ccccc4NC3=O)CC2)C(=O)O)cc2c(C)n[nH]c12. The van der Waals surface area contributed by atoms with Gasteiger partial charge in [-0.3, -0.25) is 5.10 Å². The molecule has 2 aliphatic rings. The molecular formula is C27H32N6O4. The van der Waals surface area contributed by atoms with Gasteiger partial charge in [-0.15, -0.1) is 0 Å². The number of hydrogen-bond acceptors (Lipinski definition) is 4. The number of amides is 4. The van der Waals surface area contributed by atoms with E-state index in [0.717, 1.165) is 45.4 Å². The Morgan fingerprint density at radius 1 is 1.22 bits per heavy atom. The van der Waals surface area contributed by atoms with Gasteiger partial charge in [-0.1, -0.05) is 31.2 Å². The third kappa shape index (κ3) is 4.96. The molecule has 0 radical (unpaired) electrons. The number of carboxylic acid groups (broad SMARTS) is 1. The Morgan fingerprint density at radius 2 is 1.97 bits per heavy atom. The molecule has 10 heteroatoms. The Morgan fingerprint density at radius 3 is 2.70 bits per heavy atom. The Kier molecular flexibility index (Phi) is 6.73. The first-order chi connectivity index (χ1) is 17.8. The molecule has 0 saturated carbocycles. The molecular weight excluding hydrogens is 472 g/mol. The van der Waals surface area contributed by atoms with Crippen LogP contribution in [0.25, 0.3) is 10.9 Å². The molecule has 0 bridgehead atoms. The summed E-state index contributed by atoms with van der Waals surface area (Å²) in [6.07, 6.45) is 2.23. The average Bonchev–Trinajstić information content (AvgIpc) is 3.27. The van der Waals surface area contributed by atoms with Crippen LogP contribution in [0.4, 0.5) is 15.3 Å². The van der Waals surface area contributed by atoms with Gasteiger partial charge in [0.15, 0.2) is 0 Å². The minimum Gasteiger partial charge on any atom is -0.480 e. The lowest BCUT2D eigenvalue weighted by Crippen LogP contribution is -2.54. The number of fused-ring (bicyclic) bond motifs is 2. The number of carboxylic acids is 1. The van der Waals surface area contributed by atoms with Crippen LogP contribution in [0.3, 0.4) is 0 Å². The number of anilines is 1. The molecule has 4 N–H and O–H groups in total. The molecule has 37 heavy (non-hydrogen) atoms. The summed E-state index contributed by atoms with van der Waals surface area (Å²) in [5, 5.41) is 23.8. The number of carbonyl (C=O) groups is 3. The smallest absolute Gasteiger partial charge is 0.326 e. The number of nitrogens with zero attached hydrogens (tertiary/aromatic N) is 3. The number of piperidine rings is 1. The molecule has 1 atom stereocenters. The monoisotopic (exact) mass is 504 g/mol. The third-order valence-corrected chi connectivity index (χ3v) is 7.47. The second kappa shape index (κ2) is 10.1. The van der Waals surface area contributed by atoms with Crippen LogP contribution in [0.2, 0.25) is 0 Å². The van der Waals surface area contributed by atoms with Crippen LogP contribution in [0, 0.1) is 6.92 Å². The van der Waals surface area contributed by atoms with E-state index in [-0.39, 0.29) is 18.5 Å². The van der Waals surface area contributed by atoms with Gasteiger partial charge in [0, 0.05) is 43.2 Å². The zero-order valence-electron chi connectivity index (χ0n) is 21.1. The van der Waals surface area contributed by atoms with Crippen molar-refractivity contribution in [2.24, 2.45) is 0 Å². The fraction of sp³-hybridized carbons (Fsp3) is 0.407. The number of carbonyl (C=O) groups excluding carboxylic acids is 2. The van der Waals surface area contributed by atoms with E-state index < -0.39 is 18.0 Å². The van der Waals surface area contributed by atoms with Gasteiger partial charge in [0.25, 0.3) is 0 Å². The van der Waals surface area contributed by atoms with E-state index in [1.807, 2.05) is 55.1 Å². The topological polar surface area (TPSA) is 131 Å². The molecule has 1 aromatic heterocycles. The number of hydrogen-bond donors (Lipinski definition) is 4. The molecule has 1 saturated heterocycles. The highest BCUT2D eigenvalue weighted by Gasteiger charge is 2.33. The van der Waals surface area contributed by atoms with Crippen molar-refractivity contribution >= 4 is 34.6 Å². The summed E-state index contributed by atoms with van der Waals surface area (Å²) in [6.45, 7) is 5.40. The largest absolute Gasteiger partial charge is 0.480 e. The van der Waals surface area contributed by atoms with Gasteiger partial charge in [-0.25, -0.2) is 14.4 Å². The first-order valence-corrected chi connectivity index (χ1v) is 12.7. The van der Waals surface area contributed by atoms with E-state index >= 15 is 0 Å².